The zero-order valence-corrected chi connectivity index (χ0v) is 14.6. The van der Waals surface area contributed by atoms with Crippen LogP contribution >= 0.6 is 0 Å². The number of hydrogen-bond acceptors (Lipinski definition) is 4. The first-order valence-corrected chi connectivity index (χ1v) is 11.1. The van der Waals surface area contributed by atoms with Crippen molar-refractivity contribution >= 4 is 8.80 Å². The summed E-state index contributed by atoms with van der Waals surface area (Å²) in [7, 11) is -0.314. The fourth-order valence-electron chi connectivity index (χ4n) is 4.37. The summed E-state index contributed by atoms with van der Waals surface area (Å²) < 4.78 is 6.13. The Morgan fingerprint density at radius 2 is 0.905 bits per heavy atom. The van der Waals surface area contributed by atoms with Crippen LogP contribution in [0.2, 0.25) is 0 Å². The molecule has 122 valence electrons. The molecule has 0 aromatic carbocycles. The van der Waals surface area contributed by atoms with Crippen molar-refractivity contribution in [3.8, 4) is 0 Å². The van der Waals surface area contributed by atoms with Crippen molar-refractivity contribution in [3.05, 3.63) is 0 Å². The molecule has 3 aliphatic carbocycles. The number of rotatable bonds is 7. The Kier molecular flexibility index (Phi) is 5.73. The van der Waals surface area contributed by atoms with Crippen LogP contribution in [0.1, 0.15) is 77.0 Å². The molecule has 4 nitrogen and oxygen atoms in total. The molecule has 0 aromatic rings. The Balaban J connectivity index is 1.65. The molecular weight excluding hydrogens is 278 g/mol. The zero-order valence-electron chi connectivity index (χ0n) is 13.6. The molecule has 5 heteroatoms. The predicted molar refractivity (Wildman–Crippen MR) is 88.9 cm³/mol. The number of hydrogen-bond donors (Lipinski definition) is 3. The van der Waals surface area contributed by atoms with Gasteiger partial charge in [-0.05, 0) is 38.5 Å². The van der Waals surface area contributed by atoms with E-state index in [2.05, 4.69) is 14.9 Å². The molecule has 0 aromatic heterocycles. The van der Waals surface area contributed by atoms with Crippen LogP contribution in [0.15, 0.2) is 0 Å². The van der Waals surface area contributed by atoms with Crippen LogP contribution in [-0.4, -0.2) is 34.0 Å². The third-order valence-electron chi connectivity index (χ3n) is 5.59. The second kappa shape index (κ2) is 7.55. The van der Waals surface area contributed by atoms with Crippen LogP contribution in [0, 0.1) is 0 Å². The highest BCUT2D eigenvalue weighted by Crippen LogP contribution is 2.24. The van der Waals surface area contributed by atoms with Crippen LogP contribution in [0.3, 0.4) is 0 Å². The van der Waals surface area contributed by atoms with E-state index in [0.29, 0.717) is 18.1 Å². The molecule has 21 heavy (non-hydrogen) atoms. The zero-order chi connectivity index (χ0) is 14.5. The Morgan fingerprint density at radius 1 is 0.619 bits per heavy atom. The Labute approximate surface area is 131 Å². The minimum Gasteiger partial charge on any atom is -0.383 e. The summed E-state index contributed by atoms with van der Waals surface area (Å²) >= 11 is 0. The molecule has 0 unspecified atom stereocenters. The van der Waals surface area contributed by atoms with Crippen molar-refractivity contribution < 1.29 is 4.43 Å². The summed E-state index contributed by atoms with van der Waals surface area (Å²) in [6.07, 6.45) is 16.1. The first-order chi connectivity index (χ1) is 10.3. The van der Waals surface area contributed by atoms with Crippen molar-refractivity contribution in [1.82, 2.24) is 14.9 Å². The van der Waals surface area contributed by atoms with Gasteiger partial charge in [-0.25, -0.2) is 0 Å². The summed E-state index contributed by atoms with van der Waals surface area (Å²) in [6.45, 7) is 0. The van der Waals surface area contributed by atoms with Gasteiger partial charge in [0.1, 0.15) is 0 Å². The third kappa shape index (κ3) is 4.29. The van der Waals surface area contributed by atoms with E-state index in [9.17, 15) is 0 Å². The molecule has 0 bridgehead atoms. The molecule has 0 aliphatic heterocycles. The molecule has 0 spiro atoms. The molecule has 3 saturated carbocycles. The van der Waals surface area contributed by atoms with E-state index >= 15 is 0 Å². The van der Waals surface area contributed by atoms with Gasteiger partial charge in [0.2, 0.25) is 0 Å². The first kappa shape index (κ1) is 15.9. The van der Waals surface area contributed by atoms with Crippen molar-refractivity contribution in [2.75, 3.05) is 7.11 Å². The lowest BCUT2D eigenvalue weighted by Crippen LogP contribution is -2.78. The summed E-state index contributed by atoms with van der Waals surface area (Å²) in [6, 6.07) is 1.96. The van der Waals surface area contributed by atoms with Crippen LogP contribution in [0.4, 0.5) is 0 Å². The molecule has 3 rings (SSSR count). The lowest BCUT2D eigenvalue weighted by atomic mass is 10.3. The molecule has 0 saturated heterocycles. The lowest BCUT2D eigenvalue weighted by Gasteiger charge is -2.38. The standard InChI is InChI=1S/C16H33N3OSi/c1-20-21(17-14-8-2-3-9-14,18-15-10-4-5-11-15)19-16-12-6-7-13-16/h14-19H,2-13H2,1H3. The molecule has 0 atom stereocenters. The average Bonchev–Trinajstić information content (AvgIpc) is 3.21. The maximum Gasteiger partial charge on any atom is 0.440 e. The smallest absolute Gasteiger partial charge is 0.383 e. The summed E-state index contributed by atoms with van der Waals surface area (Å²) in [4.78, 5) is 11.8. The van der Waals surface area contributed by atoms with E-state index in [0.717, 1.165) is 0 Å². The first-order valence-electron chi connectivity index (χ1n) is 9.18. The minimum atomic E-state index is -2.21. The van der Waals surface area contributed by atoms with E-state index in [1.807, 2.05) is 7.11 Å². The van der Waals surface area contributed by atoms with Gasteiger partial charge in [-0.15, -0.1) is 0 Å². The van der Waals surface area contributed by atoms with E-state index in [1.54, 1.807) is 0 Å². The molecule has 0 amide bonds. The highest BCUT2D eigenvalue weighted by atomic mass is 28.4. The van der Waals surface area contributed by atoms with Gasteiger partial charge in [0.15, 0.2) is 0 Å². The monoisotopic (exact) mass is 311 g/mol. The maximum atomic E-state index is 6.13. The van der Waals surface area contributed by atoms with Crippen LogP contribution < -0.4 is 14.9 Å². The second-order valence-corrected chi connectivity index (χ2v) is 9.90. The SMILES string of the molecule is CO[Si](NC1CCCC1)(NC1CCCC1)NC1CCCC1. The minimum absolute atomic E-state index is 0.652. The normalized spacial score (nSPS) is 26.1. The van der Waals surface area contributed by atoms with E-state index in [4.69, 9.17) is 4.43 Å². The van der Waals surface area contributed by atoms with Crippen LogP contribution in [0.25, 0.3) is 0 Å². The average molecular weight is 312 g/mol. The van der Waals surface area contributed by atoms with E-state index < -0.39 is 8.80 Å². The van der Waals surface area contributed by atoms with Crippen LogP contribution in [0.5, 0.6) is 0 Å². The van der Waals surface area contributed by atoms with Crippen LogP contribution in [-0.2, 0) is 4.43 Å². The van der Waals surface area contributed by atoms with Gasteiger partial charge < -0.3 is 4.43 Å². The van der Waals surface area contributed by atoms with Crippen molar-refractivity contribution in [2.45, 2.75) is 95.2 Å². The highest BCUT2D eigenvalue weighted by molar-refractivity contribution is 6.66. The molecule has 3 aliphatic rings. The Bertz CT molecular complexity index is 265. The van der Waals surface area contributed by atoms with E-state index in [1.165, 1.54) is 77.0 Å². The predicted octanol–water partition coefficient (Wildman–Crippen LogP) is 2.67. The fraction of sp³-hybridized carbons (Fsp3) is 1.00. The Hall–Kier alpha value is 0.0569. The van der Waals surface area contributed by atoms with Gasteiger partial charge in [-0.3, -0.25) is 14.9 Å². The van der Waals surface area contributed by atoms with Crippen molar-refractivity contribution in [2.24, 2.45) is 0 Å². The Morgan fingerprint density at radius 3 is 1.14 bits per heavy atom. The van der Waals surface area contributed by atoms with Gasteiger partial charge in [-0.1, -0.05) is 38.5 Å². The quantitative estimate of drug-likeness (QED) is 0.633. The second-order valence-electron chi connectivity index (χ2n) is 7.26. The highest BCUT2D eigenvalue weighted by Gasteiger charge is 2.43. The van der Waals surface area contributed by atoms with Gasteiger partial charge in [-0.2, -0.15) is 0 Å². The largest absolute Gasteiger partial charge is 0.440 e. The van der Waals surface area contributed by atoms with Crippen molar-refractivity contribution in [3.63, 3.8) is 0 Å². The number of nitrogens with one attached hydrogen (secondary N) is 3. The molecule has 3 N–H and O–H groups in total. The van der Waals surface area contributed by atoms with E-state index in [-0.39, 0.29) is 0 Å². The topological polar surface area (TPSA) is 45.3 Å². The lowest BCUT2D eigenvalue weighted by molar-refractivity contribution is 0.314. The fourth-order valence-corrected chi connectivity index (χ4v) is 7.57. The molecule has 0 heterocycles. The summed E-state index contributed by atoms with van der Waals surface area (Å²) in [5, 5.41) is 0. The molecular formula is C16H33N3OSi. The van der Waals surface area contributed by atoms with Gasteiger partial charge >= 0.3 is 8.80 Å². The summed E-state index contributed by atoms with van der Waals surface area (Å²) in [5.74, 6) is 0. The summed E-state index contributed by atoms with van der Waals surface area (Å²) in [5.41, 5.74) is 0. The maximum absolute atomic E-state index is 6.13. The molecule has 3 fully saturated rings. The molecule has 0 radical (unpaired) electrons. The third-order valence-corrected chi connectivity index (χ3v) is 8.65. The van der Waals surface area contributed by atoms with Gasteiger partial charge in [0.05, 0.1) is 0 Å². The van der Waals surface area contributed by atoms with Gasteiger partial charge in [0, 0.05) is 25.2 Å². The van der Waals surface area contributed by atoms with Gasteiger partial charge in [0.25, 0.3) is 0 Å². The van der Waals surface area contributed by atoms with Crippen molar-refractivity contribution in [1.29, 1.82) is 0 Å².